The molecule has 1 aliphatic heterocycles. The number of nitrogens with one attached hydrogen (secondary N) is 1. The normalized spacial score (nSPS) is 17.6. The zero-order valence-electron chi connectivity index (χ0n) is 14.9. The number of carbonyl (C=O) groups is 1. The number of aromatic nitrogens is 1. The maximum Gasteiger partial charge on any atom is 0.244 e. The molecule has 152 valence electrons. The molecular weight excluding hydrogens is 438 g/mol. The first kappa shape index (κ1) is 19.9. The number of fused-ring (bicyclic) bond motifs is 1. The van der Waals surface area contributed by atoms with Crippen molar-refractivity contribution >= 4 is 54.2 Å². The number of carbonyl (C=O) groups excluding carboxylic acids is 1. The van der Waals surface area contributed by atoms with Crippen molar-refractivity contribution in [3.63, 3.8) is 0 Å². The Morgan fingerprint density at radius 2 is 1.90 bits per heavy atom. The third-order valence-electron chi connectivity index (χ3n) is 4.64. The molecular formula is C18H16ClN3O5S2. The van der Waals surface area contributed by atoms with Gasteiger partial charge in [-0.1, -0.05) is 22.9 Å². The fraction of sp³-hybridized carbons (Fsp3) is 0.222. The largest absolute Gasteiger partial charge is 0.504 e. The first-order valence-corrected chi connectivity index (χ1v) is 11.3. The van der Waals surface area contributed by atoms with Crippen molar-refractivity contribution in [2.75, 3.05) is 11.9 Å². The van der Waals surface area contributed by atoms with Crippen LogP contribution in [-0.2, 0) is 14.8 Å². The number of rotatable bonds is 4. The van der Waals surface area contributed by atoms with Crippen LogP contribution in [0.25, 0.3) is 10.2 Å². The Balaban J connectivity index is 1.57. The molecule has 11 heteroatoms. The molecule has 2 heterocycles. The molecule has 3 N–H and O–H groups in total. The van der Waals surface area contributed by atoms with Crippen molar-refractivity contribution < 1.29 is 23.4 Å². The monoisotopic (exact) mass is 453 g/mol. The summed E-state index contributed by atoms with van der Waals surface area (Å²) < 4.78 is 27.7. The molecule has 1 amide bonds. The van der Waals surface area contributed by atoms with Crippen LogP contribution < -0.4 is 5.32 Å². The summed E-state index contributed by atoms with van der Waals surface area (Å²) in [7, 11) is -3.85. The van der Waals surface area contributed by atoms with E-state index >= 15 is 0 Å². The molecule has 0 bridgehead atoms. The van der Waals surface area contributed by atoms with E-state index in [1.54, 1.807) is 0 Å². The van der Waals surface area contributed by atoms with Gasteiger partial charge in [0.2, 0.25) is 15.9 Å². The van der Waals surface area contributed by atoms with E-state index in [0.717, 1.165) is 11.3 Å². The van der Waals surface area contributed by atoms with E-state index in [9.17, 15) is 23.4 Å². The Hall–Kier alpha value is -2.40. The van der Waals surface area contributed by atoms with E-state index in [4.69, 9.17) is 11.6 Å². The predicted octanol–water partition coefficient (Wildman–Crippen LogP) is 3.15. The smallest absolute Gasteiger partial charge is 0.244 e. The van der Waals surface area contributed by atoms with Crippen molar-refractivity contribution in [1.82, 2.24) is 9.29 Å². The first-order chi connectivity index (χ1) is 13.8. The molecule has 0 unspecified atom stereocenters. The Morgan fingerprint density at radius 3 is 2.62 bits per heavy atom. The number of hydrogen-bond acceptors (Lipinski definition) is 7. The van der Waals surface area contributed by atoms with Gasteiger partial charge in [0.15, 0.2) is 16.6 Å². The lowest BCUT2D eigenvalue weighted by atomic mass is 10.2. The fourth-order valence-electron chi connectivity index (χ4n) is 3.23. The molecule has 0 spiro atoms. The summed E-state index contributed by atoms with van der Waals surface area (Å²) in [5.74, 6) is -1.07. The molecule has 1 aromatic heterocycles. The Morgan fingerprint density at radius 1 is 1.21 bits per heavy atom. The van der Waals surface area contributed by atoms with Crippen molar-refractivity contribution in [3.8, 4) is 11.5 Å². The molecule has 29 heavy (non-hydrogen) atoms. The standard InChI is InChI=1S/C18H16ClN3O5S2/c19-10-3-5-11(6-4-10)29(26,27)22-7-1-2-13(22)17(25)21-18-20-12-8-14(23)15(24)9-16(12)28-18/h3-6,8-9,13,23-24H,1-2,7H2,(H,20,21,25)/t13-/m1/s1. The molecule has 1 atom stereocenters. The summed E-state index contributed by atoms with van der Waals surface area (Å²) in [5.41, 5.74) is 0.415. The first-order valence-electron chi connectivity index (χ1n) is 8.66. The van der Waals surface area contributed by atoms with Crippen molar-refractivity contribution in [2.45, 2.75) is 23.8 Å². The molecule has 0 radical (unpaired) electrons. The minimum atomic E-state index is -3.85. The number of thiazole rings is 1. The van der Waals surface area contributed by atoms with Crippen LogP contribution in [0.4, 0.5) is 5.13 Å². The summed E-state index contributed by atoms with van der Waals surface area (Å²) in [6, 6.07) is 7.60. The Labute approximate surface area is 175 Å². The third-order valence-corrected chi connectivity index (χ3v) is 7.75. The van der Waals surface area contributed by atoms with Gasteiger partial charge < -0.3 is 15.5 Å². The van der Waals surface area contributed by atoms with Gasteiger partial charge in [0.05, 0.1) is 15.1 Å². The highest BCUT2D eigenvalue weighted by atomic mass is 35.5. The molecule has 2 aromatic carbocycles. The maximum atomic E-state index is 13.0. The van der Waals surface area contributed by atoms with Gasteiger partial charge in [-0.3, -0.25) is 4.79 Å². The van der Waals surface area contributed by atoms with Gasteiger partial charge in [0, 0.05) is 23.7 Å². The number of anilines is 1. The van der Waals surface area contributed by atoms with Crippen LogP contribution >= 0.6 is 22.9 Å². The highest BCUT2D eigenvalue weighted by Gasteiger charge is 2.39. The quantitative estimate of drug-likeness (QED) is 0.522. The molecule has 4 rings (SSSR count). The number of amides is 1. The van der Waals surface area contributed by atoms with Crippen LogP contribution in [0, 0.1) is 0 Å². The number of halogens is 1. The average molecular weight is 454 g/mol. The highest BCUT2D eigenvalue weighted by Crippen LogP contribution is 2.35. The minimum absolute atomic E-state index is 0.0764. The third kappa shape index (κ3) is 3.76. The zero-order valence-corrected chi connectivity index (χ0v) is 17.3. The van der Waals surface area contributed by atoms with E-state index in [2.05, 4.69) is 10.3 Å². The van der Waals surface area contributed by atoms with E-state index in [0.29, 0.717) is 28.1 Å². The zero-order chi connectivity index (χ0) is 20.8. The SMILES string of the molecule is O=C(Nc1nc2cc(O)c(O)cc2s1)[C@H]1CCCN1S(=O)(=O)c1ccc(Cl)cc1. The van der Waals surface area contributed by atoms with Gasteiger partial charge in [-0.25, -0.2) is 13.4 Å². The number of phenols is 2. The number of hydrogen-bond donors (Lipinski definition) is 3. The van der Waals surface area contributed by atoms with E-state index in [1.165, 1.54) is 40.7 Å². The summed E-state index contributed by atoms with van der Waals surface area (Å²) in [5, 5.41) is 22.5. The van der Waals surface area contributed by atoms with Crippen LogP contribution in [0.3, 0.4) is 0 Å². The lowest BCUT2D eigenvalue weighted by Crippen LogP contribution is -2.43. The van der Waals surface area contributed by atoms with Gasteiger partial charge >= 0.3 is 0 Å². The Bertz CT molecular complexity index is 1160. The molecule has 0 saturated carbocycles. The summed E-state index contributed by atoms with van der Waals surface area (Å²) >= 11 is 6.95. The average Bonchev–Trinajstić information content (AvgIpc) is 3.30. The predicted molar refractivity (Wildman–Crippen MR) is 110 cm³/mol. The number of nitrogens with zero attached hydrogens (tertiary/aromatic N) is 2. The van der Waals surface area contributed by atoms with Gasteiger partial charge in [0.25, 0.3) is 0 Å². The topological polar surface area (TPSA) is 120 Å². The van der Waals surface area contributed by atoms with Gasteiger partial charge in [-0.15, -0.1) is 0 Å². The lowest BCUT2D eigenvalue weighted by molar-refractivity contribution is -0.119. The molecule has 0 aliphatic carbocycles. The molecule has 8 nitrogen and oxygen atoms in total. The lowest BCUT2D eigenvalue weighted by Gasteiger charge is -2.23. The van der Waals surface area contributed by atoms with Crippen LogP contribution in [-0.4, -0.2) is 46.4 Å². The molecule has 1 aliphatic rings. The summed E-state index contributed by atoms with van der Waals surface area (Å²) in [6.07, 6.45) is 0.956. The summed E-state index contributed by atoms with van der Waals surface area (Å²) in [4.78, 5) is 17.1. The van der Waals surface area contributed by atoms with Gasteiger partial charge in [-0.05, 0) is 37.1 Å². The van der Waals surface area contributed by atoms with E-state index < -0.39 is 22.0 Å². The molecule has 1 fully saturated rings. The maximum absolute atomic E-state index is 13.0. The molecule has 3 aromatic rings. The Kier molecular flexibility index (Phi) is 5.11. The van der Waals surface area contributed by atoms with E-state index in [1.807, 2.05) is 0 Å². The molecule has 1 saturated heterocycles. The highest BCUT2D eigenvalue weighted by molar-refractivity contribution is 7.89. The van der Waals surface area contributed by atoms with Crippen molar-refractivity contribution in [3.05, 3.63) is 41.4 Å². The van der Waals surface area contributed by atoms with Crippen molar-refractivity contribution in [1.29, 1.82) is 0 Å². The second kappa shape index (κ2) is 7.45. The fourth-order valence-corrected chi connectivity index (χ4v) is 5.89. The summed E-state index contributed by atoms with van der Waals surface area (Å²) in [6.45, 7) is 0.241. The van der Waals surface area contributed by atoms with Crippen LogP contribution in [0.5, 0.6) is 11.5 Å². The van der Waals surface area contributed by atoms with Gasteiger partial charge in [0.1, 0.15) is 6.04 Å². The van der Waals surface area contributed by atoms with Crippen LogP contribution in [0.1, 0.15) is 12.8 Å². The van der Waals surface area contributed by atoms with E-state index in [-0.39, 0.29) is 28.1 Å². The number of phenolic OH excluding ortho intramolecular Hbond substituents is 2. The number of benzene rings is 2. The number of sulfonamides is 1. The van der Waals surface area contributed by atoms with Crippen molar-refractivity contribution in [2.24, 2.45) is 0 Å². The van der Waals surface area contributed by atoms with Crippen LogP contribution in [0.2, 0.25) is 5.02 Å². The second-order valence-corrected chi connectivity index (χ2v) is 9.90. The minimum Gasteiger partial charge on any atom is -0.504 e. The van der Waals surface area contributed by atoms with Crippen LogP contribution in [0.15, 0.2) is 41.3 Å². The number of aromatic hydroxyl groups is 2. The second-order valence-electron chi connectivity index (χ2n) is 6.54. The van der Waals surface area contributed by atoms with Gasteiger partial charge in [-0.2, -0.15) is 4.31 Å².